The first-order valence-electron chi connectivity index (χ1n) is 7.54. The molecule has 2 heteroatoms. The van der Waals surface area contributed by atoms with Crippen molar-refractivity contribution in [1.82, 2.24) is 10.3 Å². The number of aromatic nitrogens is 1. The van der Waals surface area contributed by atoms with Gasteiger partial charge in [0, 0.05) is 6.20 Å². The molecule has 2 aromatic rings. The molecule has 20 heavy (non-hydrogen) atoms. The molecular weight excluding hydrogens is 244 g/mol. The summed E-state index contributed by atoms with van der Waals surface area (Å²) in [4.78, 5) is 4.52. The van der Waals surface area contributed by atoms with Crippen molar-refractivity contribution in [1.29, 1.82) is 0 Å². The number of nitrogens with one attached hydrogen (secondary N) is 1. The first-order valence-corrected chi connectivity index (χ1v) is 7.54. The van der Waals surface area contributed by atoms with Gasteiger partial charge in [-0.25, -0.2) is 0 Å². The fourth-order valence-corrected chi connectivity index (χ4v) is 2.45. The van der Waals surface area contributed by atoms with Gasteiger partial charge in [0.05, 0.1) is 11.7 Å². The lowest BCUT2D eigenvalue weighted by Crippen LogP contribution is -2.28. The molecule has 0 spiro atoms. The van der Waals surface area contributed by atoms with E-state index >= 15 is 0 Å². The van der Waals surface area contributed by atoms with Gasteiger partial charge >= 0.3 is 0 Å². The van der Waals surface area contributed by atoms with Crippen LogP contribution in [0.4, 0.5) is 0 Å². The van der Waals surface area contributed by atoms with Crippen LogP contribution >= 0.6 is 0 Å². The Kier molecular flexibility index (Phi) is 5.75. The fraction of sp³-hybridized carbons (Fsp3) is 0.389. The largest absolute Gasteiger partial charge is 0.305 e. The van der Waals surface area contributed by atoms with Crippen LogP contribution in [0.15, 0.2) is 54.7 Å². The minimum absolute atomic E-state index is 0.179. The van der Waals surface area contributed by atoms with Gasteiger partial charge in [-0.05, 0) is 30.2 Å². The van der Waals surface area contributed by atoms with Crippen molar-refractivity contribution < 1.29 is 0 Å². The quantitative estimate of drug-likeness (QED) is 0.814. The molecule has 1 N–H and O–H groups in total. The minimum atomic E-state index is 0.179. The first kappa shape index (κ1) is 14.7. The topological polar surface area (TPSA) is 24.9 Å². The molecule has 1 aromatic carbocycles. The molecule has 1 atom stereocenters. The third-order valence-corrected chi connectivity index (χ3v) is 3.88. The summed E-state index contributed by atoms with van der Waals surface area (Å²) >= 11 is 0. The van der Waals surface area contributed by atoms with E-state index in [1.807, 2.05) is 12.3 Å². The van der Waals surface area contributed by atoms with E-state index < -0.39 is 0 Å². The van der Waals surface area contributed by atoms with E-state index in [9.17, 15) is 0 Å². The molecule has 2 nitrogen and oxygen atoms in total. The van der Waals surface area contributed by atoms with Crippen molar-refractivity contribution in [2.45, 2.75) is 32.7 Å². The molecule has 0 radical (unpaired) electrons. The second-order valence-corrected chi connectivity index (χ2v) is 5.19. The standard InChI is InChI=1S/C18H24N2/c1-3-15(4-2)14-20-18(16-10-6-5-7-11-16)17-12-8-9-13-19-17/h5-13,15,18,20H,3-4,14H2,1-2H3. The monoisotopic (exact) mass is 268 g/mol. The Morgan fingerprint density at radius 2 is 1.65 bits per heavy atom. The zero-order valence-electron chi connectivity index (χ0n) is 12.4. The Labute approximate surface area is 122 Å². The molecule has 0 aliphatic rings. The molecule has 1 heterocycles. The highest BCUT2D eigenvalue weighted by Gasteiger charge is 2.15. The van der Waals surface area contributed by atoms with E-state index in [0.717, 1.165) is 18.2 Å². The van der Waals surface area contributed by atoms with Gasteiger partial charge in [0.1, 0.15) is 0 Å². The number of hydrogen-bond donors (Lipinski definition) is 1. The van der Waals surface area contributed by atoms with E-state index in [1.54, 1.807) is 0 Å². The number of hydrogen-bond acceptors (Lipinski definition) is 2. The number of nitrogens with zero attached hydrogens (tertiary/aromatic N) is 1. The van der Waals surface area contributed by atoms with Crippen molar-refractivity contribution >= 4 is 0 Å². The molecule has 1 aromatic heterocycles. The number of pyridine rings is 1. The summed E-state index contributed by atoms with van der Waals surface area (Å²) in [7, 11) is 0. The molecule has 0 aliphatic carbocycles. The average Bonchev–Trinajstić information content (AvgIpc) is 2.53. The van der Waals surface area contributed by atoms with Crippen LogP contribution in [0.5, 0.6) is 0 Å². The van der Waals surface area contributed by atoms with Crippen LogP contribution in [0.2, 0.25) is 0 Å². The van der Waals surface area contributed by atoms with Crippen LogP contribution in [0.1, 0.15) is 44.0 Å². The molecule has 0 saturated heterocycles. The third-order valence-electron chi connectivity index (χ3n) is 3.88. The van der Waals surface area contributed by atoms with Gasteiger partial charge in [-0.15, -0.1) is 0 Å². The summed E-state index contributed by atoms with van der Waals surface area (Å²) in [5, 5.41) is 3.69. The lowest BCUT2D eigenvalue weighted by atomic mass is 9.99. The molecule has 0 fully saturated rings. The van der Waals surface area contributed by atoms with Gasteiger partial charge < -0.3 is 5.32 Å². The van der Waals surface area contributed by atoms with Crippen molar-refractivity contribution in [3.05, 3.63) is 66.0 Å². The summed E-state index contributed by atoms with van der Waals surface area (Å²) in [6.07, 6.45) is 4.30. The van der Waals surface area contributed by atoms with Crippen molar-refractivity contribution in [3.63, 3.8) is 0 Å². The minimum Gasteiger partial charge on any atom is -0.305 e. The predicted molar refractivity (Wildman–Crippen MR) is 84.6 cm³/mol. The molecule has 0 amide bonds. The van der Waals surface area contributed by atoms with Crippen LogP contribution in [0.25, 0.3) is 0 Å². The Bertz CT molecular complexity index is 438. The summed E-state index contributed by atoms with van der Waals surface area (Å²) in [6.45, 7) is 5.55. The van der Waals surface area contributed by atoms with Crippen LogP contribution < -0.4 is 5.32 Å². The van der Waals surface area contributed by atoms with E-state index in [4.69, 9.17) is 0 Å². The average molecular weight is 268 g/mol. The molecule has 1 unspecified atom stereocenters. The van der Waals surface area contributed by atoms with Crippen molar-refractivity contribution in [3.8, 4) is 0 Å². The smallest absolute Gasteiger partial charge is 0.0751 e. The molecule has 2 rings (SSSR count). The van der Waals surface area contributed by atoms with E-state index in [1.165, 1.54) is 18.4 Å². The second kappa shape index (κ2) is 7.81. The lowest BCUT2D eigenvalue weighted by Gasteiger charge is -2.22. The third kappa shape index (κ3) is 3.91. The van der Waals surface area contributed by atoms with Gasteiger partial charge in [-0.2, -0.15) is 0 Å². The molecule has 0 aliphatic heterocycles. The van der Waals surface area contributed by atoms with E-state index in [2.05, 4.69) is 66.6 Å². The van der Waals surface area contributed by atoms with Crippen LogP contribution in [0.3, 0.4) is 0 Å². The summed E-state index contributed by atoms with van der Waals surface area (Å²) < 4.78 is 0. The fourth-order valence-electron chi connectivity index (χ4n) is 2.45. The molecular formula is C18H24N2. The summed E-state index contributed by atoms with van der Waals surface area (Å²) in [5.41, 5.74) is 2.36. The van der Waals surface area contributed by atoms with E-state index in [0.29, 0.717) is 0 Å². The van der Waals surface area contributed by atoms with Crippen LogP contribution in [-0.4, -0.2) is 11.5 Å². The Hall–Kier alpha value is -1.67. The summed E-state index contributed by atoms with van der Waals surface area (Å²) in [6, 6.07) is 16.9. The highest BCUT2D eigenvalue weighted by atomic mass is 14.9. The maximum atomic E-state index is 4.52. The molecule has 0 saturated carbocycles. The van der Waals surface area contributed by atoms with Crippen LogP contribution in [-0.2, 0) is 0 Å². The second-order valence-electron chi connectivity index (χ2n) is 5.19. The Morgan fingerprint density at radius 1 is 0.950 bits per heavy atom. The highest BCUT2D eigenvalue weighted by molar-refractivity contribution is 5.27. The number of rotatable bonds is 7. The van der Waals surface area contributed by atoms with Crippen molar-refractivity contribution in [2.24, 2.45) is 5.92 Å². The van der Waals surface area contributed by atoms with Gasteiger partial charge in [0.2, 0.25) is 0 Å². The predicted octanol–water partition coefficient (Wildman–Crippen LogP) is 4.20. The first-order chi connectivity index (χ1) is 9.85. The van der Waals surface area contributed by atoms with Crippen LogP contribution in [0, 0.1) is 5.92 Å². The van der Waals surface area contributed by atoms with Gasteiger partial charge in [0.15, 0.2) is 0 Å². The maximum Gasteiger partial charge on any atom is 0.0751 e. The zero-order valence-corrected chi connectivity index (χ0v) is 12.4. The Morgan fingerprint density at radius 3 is 2.25 bits per heavy atom. The van der Waals surface area contributed by atoms with Gasteiger partial charge in [-0.1, -0.05) is 63.1 Å². The van der Waals surface area contributed by atoms with Crippen molar-refractivity contribution in [2.75, 3.05) is 6.54 Å². The Balaban J connectivity index is 2.17. The zero-order chi connectivity index (χ0) is 14.2. The van der Waals surface area contributed by atoms with E-state index in [-0.39, 0.29) is 6.04 Å². The highest BCUT2D eigenvalue weighted by Crippen LogP contribution is 2.20. The lowest BCUT2D eigenvalue weighted by molar-refractivity contribution is 0.428. The van der Waals surface area contributed by atoms with Gasteiger partial charge in [0.25, 0.3) is 0 Å². The van der Waals surface area contributed by atoms with Gasteiger partial charge in [-0.3, -0.25) is 4.98 Å². The molecule has 106 valence electrons. The SMILES string of the molecule is CCC(CC)CNC(c1ccccc1)c1ccccn1. The number of benzene rings is 1. The maximum absolute atomic E-state index is 4.52. The molecule has 0 bridgehead atoms. The summed E-state index contributed by atoms with van der Waals surface area (Å²) in [5.74, 6) is 0.727. The normalized spacial score (nSPS) is 12.6.